The first-order valence-electron chi connectivity index (χ1n) is 3.84. The molecule has 0 aliphatic rings. The van der Waals surface area contributed by atoms with Crippen molar-refractivity contribution in [2.24, 2.45) is 0 Å². The van der Waals surface area contributed by atoms with Gasteiger partial charge in [-0.2, -0.15) is 0 Å². The molecule has 0 saturated heterocycles. The van der Waals surface area contributed by atoms with Crippen LogP contribution in [0.3, 0.4) is 0 Å². The minimum Gasteiger partial charge on any atom is -0.515 e. The average molecular weight is 140 g/mol. The summed E-state index contributed by atoms with van der Waals surface area (Å²) in [5.41, 5.74) is 1.02. The summed E-state index contributed by atoms with van der Waals surface area (Å²) in [5, 5.41) is 8.67. The van der Waals surface area contributed by atoms with Crippen LogP contribution < -0.4 is 0 Å². The minimum absolute atomic E-state index is 0.965. The first kappa shape index (κ1) is 9.28. The van der Waals surface area contributed by atoms with Gasteiger partial charge < -0.3 is 5.11 Å². The van der Waals surface area contributed by atoms with Crippen molar-refractivity contribution in [2.75, 3.05) is 0 Å². The Bertz CT molecular complexity index is 123. The monoisotopic (exact) mass is 140 g/mol. The van der Waals surface area contributed by atoms with Gasteiger partial charge >= 0.3 is 0 Å². The van der Waals surface area contributed by atoms with Gasteiger partial charge in [0.25, 0.3) is 0 Å². The molecule has 0 radical (unpaired) electrons. The van der Waals surface area contributed by atoms with Gasteiger partial charge in [-0.05, 0) is 18.4 Å². The Balaban J connectivity index is 3.72. The Hall–Kier alpha value is -0.720. The predicted octanol–water partition coefficient (Wildman–Crippen LogP) is 3.19. The van der Waals surface area contributed by atoms with Gasteiger partial charge in [-0.1, -0.05) is 32.4 Å². The van der Waals surface area contributed by atoms with Gasteiger partial charge in [0.1, 0.15) is 0 Å². The van der Waals surface area contributed by atoms with Gasteiger partial charge in [0.2, 0.25) is 0 Å². The molecule has 10 heavy (non-hydrogen) atoms. The molecule has 0 fully saturated rings. The smallest absolute Gasteiger partial charge is 0.0823 e. The lowest BCUT2D eigenvalue weighted by molar-refractivity contribution is 0.466. The van der Waals surface area contributed by atoms with Crippen LogP contribution in [0, 0.1) is 0 Å². The van der Waals surface area contributed by atoms with E-state index in [4.69, 9.17) is 5.11 Å². The number of aliphatic hydroxyl groups excluding tert-OH is 1. The highest BCUT2D eigenvalue weighted by Crippen LogP contribution is 2.05. The van der Waals surface area contributed by atoms with Crippen molar-refractivity contribution in [1.29, 1.82) is 0 Å². The summed E-state index contributed by atoms with van der Waals surface area (Å²) in [6, 6.07) is 0. The van der Waals surface area contributed by atoms with E-state index in [2.05, 4.69) is 19.9 Å². The van der Waals surface area contributed by atoms with Crippen LogP contribution in [0.5, 0.6) is 0 Å². The molecule has 0 spiro atoms. The van der Waals surface area contributed by atoms with E-state index in [1.54, 1.807) is 0 Å². The highest BCUT2D eigenvalue weighted by molar-refractivity contribution is 5.15. The van der Waals surface area contributed by atoms with Crippen LogP contribution in [-0.2, 0) is 0 Å². The summed E-state index contributed by atoms with van der Waals surface area (Å²) < 4.78 is 0. The summed E-state index contributed by atoms with van der Waals surface area (Å²) in [6.45, 7) is 4.18. The van der Waals surface area contributed by atoms with Crippen molar-refractivity contribution in [3.63, 3.8) is 0 Å². The van der Waals surface area contributed by atoms with E-state index in [-0.39, 0.29) is 0 Å². The van der Waals surface area contributed by atoms with Crippen molar-refractivity contribution in [2.45, 2.75) is 33.1 Å². The molecule has 58 valence electrons. The largest absolute Gasteiger partial charge is 0.515 e. The van der Waals surface area contributed by atoms with E-state index in [0.717, 1.165) is 24.8 Å². The molecule has 0 amide bonds. The zero-order chi connectivity index (χ0) is 7.82. The van der Waals surface area contributed by atoms with Crippen LogP contribution in [0.1, 0.15) is 33.1 Å². The lowest BCUT2D eigenvalue weighted by Gasteiger charge is -1.94. The zero-order valence-electron chi connectivity index (χ0n) is 6.80. The minimum atomic E-state index is 0.965. The first-order chi connectivity index (χ1) is 4.85. The van der Waals surface area contributed by atoms with Crippen LogP contribution in [0.25, 0.3) is 0 Å². The van der Waals surface area contributed by atoms with E-state index < -0.39 is 0 Å². The second-order valence-corrected chi connectivity index (χ2v) is 2.26. The number of hydrogen-bond acceptors (Lipinski definition) is 1. The summed E-state index contributed by atoms with van der Waals surface area (Å²) >= 11 is 0. The maximum atomic E-state index is 8.67. The maximum absolute atomic E-state index is 8.67. The molecule has 0 heterocycles. The Morgan fingerprint density at radius 2 is 2.10 bits per heavy atom. The summed E-state index contributed by atoms with van der Waals surface area (Å²) in [6.07, 6.45) is 8.30. The van der Waals surface area contributed by atoms with Gasteiger partial charge in [-0.25, -0.2) is 0 Å². The highest BCUT2D eigenvalue weighted by Gasteiger charge is 1.87. The molecule has 0 saturated carbocycles. The average Bonchev–Trinajstić information content (AvgIpc) is 1.98. The molecule has 1 N–H and O–H groups in total. The normalized spacial score (nSPS) is 12.8. The Labute approximate surface area is 63.1 Å². The topological polar surface area (TPSA) is 20.2 Å². The number of aliphatic hydroxyl groups is 1. The molecule has 0 rings (SSSR count). The number of rotatable bonds is 4. The van der Waals surface area contributed by atoms with Gasteiger partial charge in [0.15, 0.2) is 0 Å². The van der Waals surface area contributed by atoms with E-state index in [0.29, 0.717) is 0 Å². The lowest BCUT2D eigenvalue weighted by atomic mass is 10.1. The van der Waals surface area contributed by atoms with Gasteiger partial charge in [0.05, 0.1) is 6.26 Å². The van der Waals surface area contributed by atoms with Crippen molar-refractivity contribution < 1.29 is 5.11 Å². The van der Waals surface area contributed by atoms with Crippen molar-refractivity contribution >= 4 is 0 Å². The second-order valence-electron chi connectivity index (χ2n) is 2.26. The van der Waals surface area contributed by atoms with Crippen molar-refractivity contribution in [3.8, 4) is 0 Å². The molecule has 0 aromatic heterocycles. The third-order valence-electron chi connectivity index (χ3n) is 1.27. The quantitative estimate of drug-likeness (QED) is 0.469. The zero-order valence-corrected chi connectivity index (χ0v) is 6.80. The summed E-state index contributed by atoms with van der Waals surface area (Å²) in [4.78, 5) is 0. The standard InChI is InChI=1S/C9H16O/c1-3-5-7-9(8-10)6-4-2/h5,7-8,10H,3-4,6H2,1-2H3. The van der Waals surface area contributed by atoms with E-state index in [9.17, 15) is 0 Å². The molecule has 0 bridgehead atoms. The fourth-order valence-electron chi connectivity index (χ4n) is 0.749. The van der Waals surface area contributed by atoms with Gasteiger partial charge in [0, 0.05) is 0 Å². The van der Waals surface area contributed by atoms with Crippen molar-refractivity contribution in [1.82, 2.24) is 0 Å². The number of hydrogen-bond donors (Lipinski definition) is 1. The Kier molecular flexibility index (Phi) is 5.94. The van der Waals surface area contributed by atoms with Crippen molar-refractivity contribution in [3.05, 3.63) is 24.0 Å². The summed E-state index contributed by atoms with van der Waals surface area (Å²) in [7, 11) is 0. The van der Waals surface area contributed by atoms with Crippen LogP contribution >= 0.6 is 0 Å². The predicted molar refractivity (Wildman–Crippen MR) is 45.1 cm³/mol. The van der Waals surface area contributed by atoms with Crippen LogP contribution in [-0.4, -0.2) is 5.11 Å². The molecule has 0 unspecified atom stereocenters. The van der Waals surface area contributed by atoms with Crippen LogP contribution in [0.4, 0.5) is 0 Å². The van der Waals surface area contributed by atoms with E-state index in [1.807, 2.05) is 6.08 Å². The van der Waals surface area contributed by atoms with Gasteiger partial charge in [-0.3, -0.25) is 0 Å². The molecule has 1 heteroatoms. The lowest BCUT2D eigenvalue weighted by Crippen LogP contribution is -1.76. The third kappa shape index (κ3) is 4.19. The van der Waals surface area contributed by atoms with E-state index in [1.165, 1.54) is 6.26 Å². The summed E-state index contributed by atoms with van der Waals surface area (Å²) in [5.74, 6) is 0. The maximum Gasteiger partial charge on any atom is 0.0823 e. The SMILES string of the molecule is CCC=CC(=CO)CCC. The molecular formula is C9H16O. The number of allylic oxidation sites excluding steroid dienone is 3. The molecule has 0 atom stereocenters. The molecule has 1 nitrogen and oxygen atoms in total. The molecule has 0 aliphatic heterocycles. The fraction of sp³-hybridized carbons (Fsp3) is 0.556. The first-order valence-corrected chi connectivity index (χ1v) is 3.84. The molecule has 0 aliphatic carbocycles. The van der Waals surface area contributed by atoms with Crippen LogP contribution in [0.2, 0.25) is 0 Å². The fourth-order valence-corrected chi connectivity index (χ4v) is 0.749. The van der Waals surface area contributed by atoms with Gasteiger partial charge in [-0.15, -0.1) is 0 Å². The Morgan fingerprint density at radius 1 is 1.40 bits per heavy atom. The highest BCUT2D eigenvalue weighted by atomic mass is 16.2. The van der Waals surface area contributed by atoms with E-state index >= 15 is 0 Å². The third-order valence-corrected chi connectivity index (χ3v) is 1.27. The molecule has 0 aromatic rings. The molecular weight excluding hydrogens is 124 g/mol. The molecule has 0 aromatic carbocycles. The van der Waals surface area contributed by atoms with Crippen LogP contribution in [0.15, 0.2) is 24.0 Å². The second kappa shape index (κ2) is 6.40. The Morgan fingerprint density at radius 3 is 2.50 bits per heavy atom.